The van der Waals surface area contributed by atoms with Crippen molar-refractivity contribution in [3.05, 3.63) is 41.7 Å². The van der Waals surface area contributed by atoms with Gasteiger partial charge in [0.2, 0.25) is 5.91 Å². The Morgan fingerprint density at radius 2 is 2.25 bits per heavy atom. The van der Waals surface area contributed by atoms with E-state index in [1.54, 1.807) is 6.20 Å². The first-order valence-electron chi connectivity index (χ1n) is 8.54. The Kier molecular flexibility index (Phi) is 4.02. The molecule has 1 N–H and O–H groups in total. The first kappa shape index (κ1) is 15.3. The second-order valence-corrected chi connectivity index (χ2v) is 6.57. The molecular weight excluding hydrogens is 304 g/mol. The maximum absolute atomic E-state index is 12.2. The van der Waals surface area contributed by atoms with Crippen LogP contribution in [0.1, 0.15) is 42.5 Å². The second-order valence-electron chi connectivity index (χ2n) is 6.57. The summed E-state index contributed by atoms with van der Waals surface area (Å²) in [5.74, 6) is 2.21. The quantitative estimate of drug-likeness (QED) is 0.909. The Morgan fingerprint density at radius 1 is 1.33 bits per heavy atom. The fourth-order valence-electron chi connectivity index (χ4n) is 3.78. The molecule has 4 rings (SSSR count). The number of likely N-dealkylation sites (N-methyl/N-ethyl adjacent to an activating group) is 1. The fourth-order valence-corrected chi connectivity index (χ4v) is 3.78. The summed E-state index contributed by atoms with van der Waals surface area (Å²) in [7, 11) is 1.86. The molecule has 7 heteroatoms. The number of hydrogen-bond acceptors (Lipinski definition) is 5. The first-order valence-corrected chi connectivity index (χ1v) is 8.54. The van der Waals surface area contributed by atoms with Gasteiger partial charge in [0.15, 0.2) is 0 Å². The molecule has 0 spiro atoms. The van der Waals surface area contributed by atoms with Crippen LogP contribution in [0, 0.1) is 0 Å². The normalized spacial score (nSPS) is 23.5. The van der Waals surface area contributed by atoms with Gasteiger partial charge in [-0.2, -0.15) is 0 Å². The van der Waals surface area contributed by atoms with Gasteiger partial charge in [-0.05, 0) is 24.5 Å². The Hall–Kier alpha value is -2.28. The van der Waals surface area contributed by atoms with E-state index < -0.39 is 0 Å². The third kappa shape index (κ3) is 2.69. The zero-order valence-electron chi connectivity index (χ0n) is 13.9. The van der Waals surface area contributed by atoms with E-state index in [-0.39, 0.29) is 18.0 Å². The van der Waals surface area contributed by atoms with Crippen LogP contribution < -0.4 is 5.32 Å². The van der Waals surface area contributed by atoms with Gasteiger partial charge < -0.3 is 14.8 Å². The second kappa shape index (κ2) is 6.32. The molecule has 1 amide bonds. The van der Waals surface area contributed by atoms with Gasteiger partial charge in [-0.15, -0.1) is 10.2 Å². The van der Waals surface area contributed by atoms with Crippen molar-refractivity contribution in [2.45, 2.75) is 50.9 Å². The van der Waals surface area contributed by atoms with Crippen LogP contribution >= 0.6 is 0 Å². The number of nitrogens with one attached hydrogen (secondary N) is 1. The zero-order valence-corrected chi connectivity index (χ0v) is 13.9. The van der Waals surface area contributed by atoms with Crippen molar-refractivity contribution in [2.24, 2.45) is 0 Å². The van der Waals surface area contributed by atoms with Crippen LogP contribution in [0.3, 0.4) is 0 Å². The molecule has 24 heavy (non-hydrogen) atoms. The number of aryl methyl sites for hydroxylation is 1. The lowest BCUT2D eigenvalue weighted by Crippen LogP contribution is -2.35. The van der Waals surface area contributed by atoms with Gasteiger partial charge >= 0.3 is 0 Å². The highest BCUT2D eigenvalue weighted by molar-refractivity contribution is 5.80. The summed E-state index contributed by atoms with van der Waals surface area (Å²) in [6.45, 7) is 1.63. The number of pyridine rings is 1. The van der Waals surface area contributed by atoms with Crippen LogP contribution in [-0.4, -0.2) is 43.6 Å². The number of carbonyl (C=O) groups is 1. The lowest BCUT2D eigenvalue weighted by Gasteiger charge is -2.26. The summed E-state index contributed by atoms with van der Waals surface area (Å²) >= 11 is 0. The standard InChI is InChI=1S/C17H22N6O/c1-22-16(24)9-13(17(22)12-5-4-7-18-10-12)19-11-15-21-20-14-6-2-3-8-23(14)15/h4-5,7,10,13,17,19H,2-3,6,8-9,11H2,1H3/t13-,17+/m1/s1. The number of amides is 1. The molecule has 2 aromatic heterocycles. The number of fused-ring (bicyclic) bond motifs is 1. The highest BCUT2D eigenvalue weighted by atomic mass is 16.2. The van der Waals surface area contributed by atoms with E-state index >= 15 is 0 Å². The van der Waals surface area contributed by atoms with E-state index in [9.17, 15) is 4.79 Å². The van der Waals surface area contributed by atoms with Crippen LogP contribution in [0.2, 0.25) is 0 Å². The number of carbonyl (C=O) groups excluding carboxylic acids is 1. The van der Waals surface area contributed by atoms with Gasteiger partial charge in [-0.3, -0.25) is 9.78 Å². The van der Waals surface area contributed by atoms with Crippen LogP contribution in [0.15, 0.2) is 24.5 Å². The lowest BCUT2D eigenvalue weighted by atomic mass is 10.0. The summed E-state index contributed by atoms with van der Waals surface area (Å²) in [4.78, 5) is 18.2. The molecule has 0 aliphatic carbocycles. The Balaban J connectivity index is 1.51. The molecule has 4 heterocycles. The van der Waals surface area contributed by atoms with E-state index in [0.717, 1.165) is 30.2 Å². The van der Waals surface area contributed by atoms with Crippen molar-refractivity contribution in [1.82, 2.24) is 30.0 Å². The minimum Gasteiger partial charge on any atom is -0.337 e. The molecule has 1 fully saturated rings. The first-order chi connectivity index (χ1) is 11.7. The number of hydrogen-bond donors (Lipinski definition) is 1. The molecular formula is C17H22N6O. The van der Waals surface area contributed by atoms with Crippen molar-refractivity contribution < 1.29 is 4.79 Å². The Bertz CT molecular complexity index is 728. The zero-order chi connectivity index (χ0) is 16.5. The van der Waals surface area contributed by atoms with E-state index in [2.05, 4.69) is 25.1 Å². The van der Waals surface area contributed by atoms with Gasteiger partial charge in [0, 0.05) is 44.9 Å². The highest BCUT2D eigenvalue weighted by Gasteiger charge is 2.38. The molecule has 2 aliphatic rings. The van der Waals surface area contributed by atoms with Crippen LogP contribution in [-0.2, 0) is 24.3 Å². The third-order valence-electron chi connectivity index (χ3n) is 5.07. The van der Waals surface area contributed by atoms with Gasteiger partial charge in [-0.1, -0.05) is 6.07 Å². The summed E-state index contributed by atoms with van der Waals surface area (Å²) in [6.07, 6.45) is 7.48. The van der Waals surface area contributed by atoms with Crippen molar-refractivity contribution in [1.29, 1.82) is 0 Å². The van der Waals surface area contributed by atoms with Crippen molar-refractivity contribution >= 4 is 5.91 Å². The van der Waals surface area contributed by atoms with Crippen molar-refractivity contribution in [3.63, 3.8) is 0 Å². The summed E-state index contributed by atoms with van der Waals surface area (Å²) in [5.41, 5.74) is 1.06. The largest absolute Gasteiger partial charge is 0.337 e. The van der Waals surface area contributed by atoms with Crippen LogP contribution in [0.5, 0.6) is 0 Å². The number of rotatable bonds is 4. The molecule has 2 aliphatic heterocycles. The van der Waals surface area contributed by atoms with Crippen LogP contribution in [0.25, 0.3) is 0 Å². The fraction of sp³-hybridized carbons (Fsp3) is 0.529. The molecule has 126 valence electrons. The Labute approximate surface area is 141 Å². The number of likely N-dealkylation sites (tertiary alicyclic amines) is 1. The topological polar surface area (TPSA) is 75.9 Å². The molecule has 0 radical (unpaired) electrons. The SMILES string of the molecule is CN1C(=O)C[C@@H](NCc2nnc3n2CCCC3)[C@@H]1c1cccnc1. The van der Waals surface area contributed by atoms with Gasteiger partial charge in [0.25, 0.3) is 0 Å². The van der Waals surface area contributed by atoms with Crippen molar-refractivity contribution in [2.75, 3.05) is 7.05 Å². The minimum absolute atomic E-state index is 0.00921. The van der Waals surface area contributed by atoms with Crippen LogP contribution in [0.4, 0.5) is 0 Å². The molecule has 2 atom stereocenters. The predicted octanol–water partition coefficient (Wildman–Crippen LogP) is 1.07. The van der Waals surface area contributed by atoms with E-state index in [1.807, 2.05) is 30.3 Å². The monoisotopic (exact) mass is 326 g/mol. The van der Waals surface area contributed by atoms with Gasteiger partial charge in [0.05, 0.1) is 12.6 Å². The van der Waals surface area contributed by atoms with E-state index in [1.165, 1.54) is 12.8 Å². The van der Waals surface area contributed by atoms with Crippen molar-refractivity contribution in [3.8, 4) is 0 Å². The maximum Gasteiger partial charge on any atom is 0.224 e. The lowest BCUT2D eigenvalue weighted by molar-refractivity contribution is -0.127. The van der Waals surface area contributed by atoms with E-state index in [4.69, 9.17) is 0 Å². The number of nitrogens with zero attached hydrogens (tertiary/aromatic N) is 5. The highest BCUT2D eigenvalue weighted by Crippen LogP contribution is 2.31. The molecule has 1 saturated heterocycles. The molecule has 0 unspecified atom stereocenters. The third-order valence-corrected chi connectivity index (χ3v) is 5.07. The molecule has 0 saturated carbocycles. The smallest absolute Gasteiger partial charge is 0.224 e. The molecule has 2 aromatic rings. The maximum atomic E-state index is 12.2. The minimum atomic E-state index is 0.00921. The molecule has 7 nitrogen and oxygen atoms in total. The average molecular weight is 326 g/mol. The summed E-state index contributed by atoms with van der Waals surface area (Å²) < 4.78 is 2.22. The Morgan fingerprint density at radius 3 is 3.08 bits per heavy atom. The average Bonchev–Trinajstić information content (AvgIpc) is 3.15. The summed E-state index contributed by atoms with van der Waals surface area (Å²) in [6, 6.07) is 4.01. The van der Waals surface area contributed by atoms with E-state index in [0.29, 0.717) is 13.0 Å². The molecule has 0 bridgehead atoms. The number of aromatic nitrogens is 4. The molecule has 0 aromatic carbocycles. The predicted molar refractivity (Wildman–Crippen MR) is 88.0 cm³/mol. The summed E-state index contributed by atoms with van der Waals surface area (Å²) in [5, 5.41) is 12.2. The van der Waals surface area contributed by atoms with Gasteiger partial charge in [0.1, 0.15) is 11.6 Å². The van der Waals surface area contributed by atoms with Gasteiger partial charge in [-0.25, -0.2) is 0 Å².